The van der Waals surface area contributed by atoms with Crippen molar-refractivity contribution in [2.75, 3.05) is 12.8 Å². The number of pyridine rings is 1. The molecule has 4 nitrogen and oxygen atoms in total. The molecule has 1 aromatic heterocycles. The summed E-state index contributed by atoms with van der Waals surface area (Å²) in [4.78, 5) is 3.60. The van der Waals surface area contributed by atoms with Gasteiger partial charge in [-0.1, -0.05) is 0 Å². The Morgan fingerprint density at radius 1 is 1.57 bits per heavy atom. The summed E-state index contributed by atoms with van der Waals surface area (Å²) in [6, 6.07) is 0. The maximum atomic E-state index is 12.6. The van der Waals surface area contributed by atoms with Crippen LogP contribution in [0.3, 0.4) is 0 Å². The zero-order valence-corrected chi connectivity index (χ0v) is 7.63. The highest BCUT2D eigenvalue weighted by molar-refractivity contribution is 5.51. The molecule has 6 heteroatoms. The smallest absolute Gasteiger partial charge is 0.267 e. The van der Waals surface area contributed by atoms with Crippen molar-refractivity contribution < 1.29 is 13.5 Å². The van der Waals surface area contributed by atoms with Gasteiger partial charge < -0.3 is 16.2 Å². The summed E-state index contributed by atoms with van der Waals surface area (Å²) in [5, 5.41) is 0. The van der Waals surface area contributed by atoms with Crippen molar-refractivity contribution in [3.05, 3.63) is 17.3 Å². The fourth-order valence-corrected chi connectivity index (χ4v) is 1.19. The van der Waals surface area contributed by atoms with Gasteiger partial charge in [0.1, 0.15) is 11.6 Å². The number of hydrogen-bond donors (Lipinski definition) is 2. The largest absolute Gasteiger partial charge is 0.495 e. The standard InChI is InChI=1S/C8H11F2N3O/c1-14-5-3-13-8(12)6(7(9)10)4(5)2-11/h3,7H,2,11H2,1H3,(H2,12,13). The Morgan fingerprint density at radius 2 is 2.21 bits per heavy atom. The zero-order valence-electron chi connectivity index (χ0n) is 7.63. The van der Waals surface area contributed by atoms with Gasteiger partial charge in [0.25, 0.3) is 6.43 Å². The van der Waals surface area contributed by atoms with E-state index in [1.54, 1.807) is 0 Å². The highest BCUT2D eigenvalue weighted by Gasteiger charge is 2.20. The second-order valence-electron chi connectivity index (χ2n) is 2.61. The van der Waals surface area contributed by atoms with Crippen LogP contribution in [0.4, 0.5) is 14.6 Å². The first-order valence-corrected chi connectivity index (χ1v) is 3.91. The molecule has 0 atom stereocenters. The Hall–Kier alpha value is -1.43. The topological polar surface area (TPSA) is 74.2 Å². The third-order valence-corrected chi connectivity index (χ3v) is 1.86. The van der Waals surface area contributed by atoms with E-state index >= 15 is 0 Å². The number of rotatable bonds is 3. The minimum absolute atomic E-state index is 0.0600. The Balaban J connectivity index is 3.35. The van der Waals surface area contributed by atoms with Gasteiger partial charge in [-0.25, -0.2) is 13.8 Å². The number of nitrogens with two attached hydrogens (primary N) is 2. The van der Waals surface area contributed by atoms with Crippen molar-refractivity contribution in [1.82, 2.24) is 4.98 Å². The lowest BCUT2D eigenvalue weighted by Gasteiger charge is -2.12. The molecule has 0 aliphatic rings. The second-order valence-corrected chi connectivity index (χ2v) is 2.61. The number of ether oxygens (including phenoxy) is 1. The molecule has 0 spiro atoms. The number of nitrogens with zero attached hydrogens (tertiary/aromatic N) is 1. The maximum absolute atomic E-state index is 12.6. The van der Waals surface area contributed by atoms with E-state index < -0.39 is 6.43 Å². The lowest BCUT2D eigenvalue weighted by Crippen LogP contribution is -2.09. The van der Waals surface area contributed by atoms with Gasteiger partial charge in [0.2, 0.25) is 0 Å². The third kappa shape index (κ3) is 1.74. The molecule has 0 saturated heterocycles. The summed E-state index contributed by atoms with van der Waals surface area (Å²) in [6.45, 7) is -0.0600. The summed E-state index contributed by atoms with van der Waals surface area (Å²) in [6.07, 6.45) is -1.42. The molecule has 0 aliphatic carbocycles. The van der Waals surface area contributed by atoms with E-state index in [9.17, 15) is 8.78 Å². The summed E-state index contributed by atoms with van der Waals surface area (Å²) in [7, 11) is 1.36. The van der Waals surface area contributed by atoms with E-state index in [0.717, 1.165) is 0 Å². The molecule has 0 aliphatic heterocycles. The van der Waals surface area contributed by atoms with Crippen LogP contribution in [0, 0.1) is 0 Å². The molecule has 0 saturated carbocycles. The van der Waals surface area contributed by atoms with Gasteiger partial charge in [-0.15, -0.1) is 0 Å². The van der Waals surface area contributed by atoms with Gasteiger partial charge in [0.15, 0.2) is 0 Å². The Labute approximate surface area is 79.9 Å². The molecule has 0 aromatic carbocycles. The first-order chi connectivity index (χ1) is 6.61. The number of aromatic nitrogens is 1. The Kier molecular flexibility index (Phi) is 3.19. The van der Waals surface area contributed by atoms with E-state index in [1.807, 2.05) is 0 Å². The Morgan fingerprint density at radius 3 is 2.64 bits per heavy atom. The van der Waals surface area contributed by atoms with Crippen molar-refractivity contribution in [3.63, 3.8) is 0 Å². The maximum Gasteiger partial charge on any atom is 0.267 e. The lowest BCUT2D eigenvalue weighted by atomic mass is 10.1. The van der Waals surface area contributed by atoms with Crippen molar-refractivity contribution >= 4 is 5.82 Å². The lowest BCUT2D eigenvalue weighted by molar-refractivity contribution is 0.150. The molecular weight excluding hydrogens is 192 g/mol. The predicted molar refractivity (Wildman–Crippen MR) is 48.0 cm³/mol. The number of hydrogen-bond acceptors (Lipinski definition) is 4. The normalized spacial score (nSPS) is 10.6. The van der Waals surface area contributed by atoms with Crippen LogP contribution in [0.25, 0.3) is 0 Å². The average Bonchev–Trinajstić information content (AvgIpc) is 2.16. The van der Waals surface area contributed by atoms with E-state index in [1.165, 1.54) is 13.3 Å². The van der Waals surface area contributed by atoms with Crippen LogP contribution in [0.2, 0.25) is 0 Å². The number of nitrogen functional groups attached to an aromatic ring is 1. The summed E-state index contributed by atoms with van der Waals surface area (Å²) in [5.41, 5.74) is 10.5. The predicted octanol–water partition coefficient (Wildman–Crippen LogP) is 1.07. The van der Waals surface area contributed by atoms with Crippen LogP contribution in [-0.4, -0.2) is 12.1 Å². The molecule has 1 aromatic rings. The molecule has 1 rings (SSSR count). The van der Waals surface area contributed by atoms with E-state index in [-0.39, 0.29) is 29.2 Å². The van der Waals surface area contributed by atoms with Gasteiger partial charge in [-0.3, -0.25) is 0 Å². The van der Waals surface area contributed by atoms with Crippen LogP contribution in [0.1, 0.15) is 17.6 Å². The fourth-order valence-electron chi connectivity index (χ4n) is 1.19. The summed E-state index contributed by atoms with van der Waals surface area (Å²) >= 11 is 0. The quantitative estimate of drug-likeness (QED) is 0.770. The first kappa shape index (κ1) is 10.6. The summed E-state index contributed by atoms with van der Waals surface area (Å²) in [5.74, 6) is 0.0262. The molecule has 78 valence electrons. The van der Waals surface area contributed by atoms with E-state index in [4.69, 9.17) is 16.2 Å². The molecule has 0 fully saturated rings. The molecule has 0 radical (unpaired) electrons. The zero-order chi connectivity index (χ0) is 10.7. The highest BCUT2D eigenvalue weighted by atomic mass is 19.3. The van der Waals surface area contributed by atoms with Crippen molar-refractivity contribution in [2.45, 2.75) is 13.0 Å². The molecule has 4 N–H and O–H groups in total. The Bertz CT molecular complexity index is 331. The minimum Gasteiger partial charge on any atom is -0.495 e. The van der Waals surface area contributed by atoms with Crippen LogP contribution in [0.15, 0.2) is 6.20 Å². The second kappa shape index (κ2) is 4.19. The van der Waals surface area contributed by atoms with Crippen LogP contribution in [0.5, 0.6) is 5.75 Å². The van der Waals surface area contributed by atoms with Gasteiger partial charge >= 0.3 is 0 Å². The van der Waals surface area contributed by atoms with Gasteiger partial charge in [-0.2, -0.15) is 0 Å². The molecule has 0 unspecified atom stereocenters. The molecule has 0 amide bonds. The molecule has 0 bridgehead atoms. The molecule has 1 heterocycles. The molecule has 14 heavy (non-hydrogen) atoms. The summed E-state index contributed by atoms with van der Waals surface area (Å²) < 4.78 is 30.0. The van der Waals surface area contributed by atoms with E-state index in [0.29, 0.717) is 0 Å². The number of halogens is 2. The SMILES string of the molecule is COc1cnc(N)c(C(F)F)c1CN. The molecular formula is C8H11F2N3O. The van der Waals surface area contributed by atoms with Crippen LogP contribution in [-0.2, 0) is 6.54 Å². The third-order valence-electron chi connectivity index (χ3n) is 1.86. The van der Waals surface area contributed by atoms with E-state index in [2.05, 4.69) is 4.98 Å². The number of anilines is 1. The number of alkyl halides is 2. The monoisotopic (exact) mass is 203 g/mol. The van der Waals surface area contributed by atoms with Crippen molar-refractivity contribution in [3.8, 4) is 5.75 Å². The number of methoxy groups -OCH3 is 1. The average molecular weight is 203 g/mol. The fraction of sp³-hybridized carbons (Fsp3) is 0.375. The van der Waals surface area contributed by atoms with Crippen molar-refractivity contribution in [2.24, 2.45) is 5.73 Å². The van der Waals surface area contributed by atoms with Gasteiger partial charge in [-0.05, 0) is 0 Å². The van der Waals surface area contributed by atoms with Crippen LogP contribution < -0.4 is 16.2 Å². The van der Waals surface area contributed by atoms with Crippen LogP contribution >= 0.6 is 0 Å². The highest BCUT2D eigenvalue weighted by Crippen LogP contribution is 2.32. The first-order valence-electron chi connectivity index (χ1n) is 3.91. The minimum atomic E-state index is -2.70. The van der Waals surface area contributed by atoms with Gasteiger partial charge in [0.05, 0.1) is 18.9 Å². The van der Waals surface area contributed by atoms with Gasteiger partial charge in [0, 0.05) is 12.1 Å². The van der Waals surface area contributed by atoms with Crippen molar-refractivity contribution in [1.29, 1.82) is 0 Å².